The van der Waals surface area contributed by atoms with E-state index in [9.17, 15) is 0 Å². The largest absolute Gasteiger partial charge is 0.384 e. The van der Waals surface area contributed by atoms with Gasteiger partial charge >= 0.3 is 0 Å². The van der Waals surface area contributed by atoms with Crippen LogP contribution in [-0.4, -0.2) is 9.97 Å². The Morgan fingerprint density at radius 3 is 2.33 bits per heavy atom. The Labute approximate surface area is 108 Å². The standard InChI is InChI=1S/C15H19N3/c1-10-7-11(15(2,3)4)5-6-12(10)13-8-14(16)18-9-17-13/h5-9H,1-4H3,(H2,16,17,18). The van der Waals surface area contributed by atoms with E-state index >= 15 is 0 Å². The van der Waals surface area contributed by atoms with Crippen LogP contribution in [0.2, 0.25) is 0 Å². The molecule has 0 saturated heterocycles. The van der Waals surface area contributed by atoms with Crippen LogP contribution in [0.15, 0.2) is 30.6 Å². The summed E-state index contributed by atoms with van der Waals surface area (Å²) in [6, 6.07) is 8.28. The summed E-state index contributed by atoms with van der Waals surface area (Å²) in [5, 5.41) is 0. The summed E-state index contributed by atoms with van der Waals surface area (Å²) < 4.78 is 0. The van der Waals surface area contributed by atoms with Gasteiger partial charge in [-0.3, -0.25) is 0 Å². The van der Waals surface area contributed by atoms with Crippen molar-refractivity contribution in [2.45, 2.75) is 33.1 Å². The number of benzene rings is 1. The van der Waals surface area contributed by atoms with Crippen LogP contribution in [0.1, 0.15) is 31.9 Å². The fourth-order valence-corrected chi connectivity index (χ4v) is 1.94. The molecular weight excluding hydrogens is 222 g/mol. The number of hydrogen-bond acceptors (Lipinski definition) is 3. The minimum atomic E-state index is 0.161. The molecule has 0 saturated carbocycles. The molecular formula is C15H19N3. The van der Waals surface area contributed by atoms with Crippen molar-refractivity contribution in [2.24, 2.45) is 0 Å². The molecule has 18 heavy (non-hydrogen) atoms. The molecule has 2 N–H and O–H groups in total. The number of rotatable bonds is 1. The molecule has 94 valence electrons. The van der Waals surface area contributed by atoms with Gasteiger partial charge in [-0.05, 0) is 23.5 Å². The minimum Gasteiger partial charge on any atom is -0.384 e. The van der Waals surface area contributed by atoms with E-state index in [1.807, 2.05) is 0 Å². The summed E-state index contributed by atoms with van der Waals surface area (Å²) in [5.74, 6) is 0.499. The van der Waals surface area contributed by atoms with Crippen LogP contribution in [0.25, 0.3) is 11.3 Å². The van der Waals surface area contributed by atoms with Crippen molar-refractivity contribution < 1.29 is 0 Å². The molecule has 0 radical (unpaired) electrons. The average Bonchev–Trinajstić information content (AvgIpc) is 2.27. The van der Waals surface area contributed by atoms with Gasteiger partial charge in [-0.25, -0.2) is 9.97 Å². The highest BCUT2D eigenvalue weighted by Crippen LogP contribution is 2.28. The maximum atomic E-state index is 5.69. The average molecular weight is 241 g/mol. The lowest BCUT2D eigenvalue weighted by molar-refractivity contribution is 0.590. The van der Waals surface area contributed by atoms with Crippen molar-refractivity contribution in [3.8, 4) is 11.3 Å². The van der Waals surface area contributed by atoms with Gasteiger partial charge in [0.15, 0.2) is 0 Å². The zero-order chi connectivity index (χ0) is 13.3. The molecule has 0 fully saturated rings. The van der Waals surface area contributed by atoms with Crippen molar-refractivity contribution in [1.82, 2.24) is 9.97 Å². The van der Waals surface area contributed by atoms with Crippen LogP contribution >= 0.6 is 0 Å². The van der Waals surface area contributed by atoms with E-state index < -0.39 is 0 Å². The van der Waals surface area contributed by atoms with E-state index in [0.717, 1.165) is 11.3 Å². The zero-order valence-electron chi connectivity index (χ0n) is 11.4. The van der Waals surface area contributed by atoms with Crippen LogP contribution in [0.3, 0.4) is 0 Å². The second kappa shape index (κ2) is 4.41. The number of anilines is 1. The van der Waals surface area contributed by atoms with E-state index in [-0.39, 0.29) is 5.41 Å². The van der Waals surface area contributed by atoms with Gasteiger partial charge in [0.1, 0.15) is 12.1 Å². The van der Waals surface area contributed by atoms with Gasteiger partial charge < -0.3 is 5.73 Å². The van der Waals surface area contributed by atoms with Crippen LogP contribution in [-0.2, 0) is 5.41 Å². The van der Waals surface area contributed by atoms with Crippen LogP contribution in [0.4, 0.5) is 5.82 Å². The Kier molecular flexibility index (Phi) is 3.07. The predicted octanol–water partition coefficient (Wildman–Crippen LogP) is 3.33. The predicted molar refractivity (Wildman–Crippen MR) is 75.3 cm³/mol. The fraction of sp³-hybridized carbons (Fsp3) is 0.333. The Hall–Kier alpha value is -1.90. The molecule has 2 rings (SSSR count). The van der Waals surface area contributed by atoms with Crippen LogP contribution in [0.5, 0.6) is 0 Å². The Morgan fingerprint density at radius 2 is 1.78 bits per heavy atom. The Bertz CT molecular complexity index is 568. The van der Waals surface area contributed by atoms with Crippen molar-refractivity contribution in [2.75, 3.05) is 5.73 Å². The van der Waals surface area contributed by atoms with Crippen molar-refractivity contribution in [3.63, 3.8) is 0 Å². The van der Waals surface area contributed by atoms with E-state index in [4.69, 9.17) is 5.73 Å². The molecule has 2 aromatic rings. The maximum Gasteiger partial charge on any atom is 0.127 e. The first-order valence-electron chi connectivity index (χ1n) is 6.07. The molecule has 3 heteroatoms. The third-order valence-electron chi connectivity index (χ3n) is 3.06. The summed E-state index contributed by atoms with van der Waals surface area (Å²) in [6.45, 7) is 8.74. The van der Waals surface area contributed by atoms with Gasteiger partial charge in [0.05, 0.1) is 5.69 Å². The molecule has 1 heterocycles. The van der Waals surface area contributed by atoms with E-state index in [2.05, 4.69) is 55.9 Å². The van der Waals surface area contributed by atoms with E-state index in [1.165, 1.54) is 17.5 Å². The third-order valence-corrected chi connectivity index (χ3v) is 3.06. The molecule has 0 bridgehead atoms. The molecule has 0 aliphatic heterocycles. The minimum absolute atomic E-state index is 0.161. The lowest BCUT2D eigenvalue weighted by atomic mass is 9.85. The van der Waals surface area contributed by atoms with Crippen LogP contribution < -0.4 is 5.73 Å². The maximum absolute atomic E-state index is 5.69. The van der Waals surface area contributed by atoms with Crippen LogP contribution in [0, 0.1) is 6.92 Å². The number of hydrogen-bond donors (Lipinski definition) is 1. The molecule has 0 amide bonds. The van der Waals surface area contributed by atoms with Gasteiger partial charge in [0.25, 0.3) is 0 Å². The normalized spacial score (nSPS) is 11.6. The fourth-order valence-electron chi connectivity index (χ4n) is 1.94. The second-order valence-corrected chi connectivity index (χ2v) is 5.61. The smallest absolute Gasteiger partial charge is 0.127 e. The first-order valence-corrected chi connectivity index (χ1v) is 6.07. The van der Waals surface area contributed by atoms with Gasteiger partial charge in [-0.15, -0.1) is 0 Å². The highest BCUT2D eigenvalue weighted by atomic mass is 14.9. The van der Waals surface area contributed by atoms with Gasteiger partial charge in [-0.2, -0.15) is 0 Å². The first kappa shape index (κ1) is 12.6. The summed E-state index contributed by atoms with van der Waals surface area (Å²) in [5.41, 5.74) is 10.4. The van der Waals surface area contributed by atoms with Crippen molar-refractivity contribution >= 4 is 5.82 Å². The molecule has 0 aliphatic rings. The summed E-state index contributed by atoms with van der Waals surface area (Å²) in [4.78, 5) is 8.19. The molecule has 0 aliphatic carbocycles. The summed E-state index contributed by atoms with van der Waals surface area (Å²) in [7, 11) is 0. The highest BCUT2D eigenvalue weighted by Gasteiger charge is 2.15. The second-order valence-electron chi connectivity index (χ2n) is 5.61. The highest BCUT2D eigenvalue weighted by molar-refractivity contribution is 5.66. The topological polar surface area (TPSA) is 51.8 Å². The SMILES string of the molecule is Cc1cc(C(C)(C)C)ccc1-c1cc(N)ncn1. The lowest BCUT2D eigenvalue weighted by Gasteiger charge is -2.20. The number of aryl methyl sites for hydroxylation is 1. The number of nitrogens with zero attached hydrogens (tertiary/aromatic N) is 2. The first-order chi connectivity index (χ1) is 8.38. The van der Waals surface area contributed by atoms with Crippen molar-refractivity contribution in [3.05, 3.63) is 41.7 Å². The number of nitrogen functional groups attached to an aromatic ring is 1. The molecule has 1 aromatic heterocycles. The number of aromatic nitrogens is 2. The lowest BCUT2D eigenvalue weighted by Crippen LogP contribution is -2.11. The monoisotopic (exact) mass is 241 g/mol. The van der Waals surface area contributed by atoms with E-state index in [0.29, 0.717) is 5.82 Å². The van der Waals surface area contributed by atoms with Crippen molar-refractivity contribution in [1.29, 1.82) is 0 Å². The third kappa shape index (κ3) is 2.50. The van der Waals surface area contributed by atoms with Gasteiger partial charge in [0, 0.05) is 11.6 Å². The number of nitrogens with two attached hydrogens (primary N) is 1. The summed E-state index contributed by atoms with van der Waals surface area (Å²) in [6.07, 6.45) is 1.50. The molecule has 1 aromatic carbocycles. The van der Waals surface area contributed by atoms with Gasteiger partial charge in [0.2, 0.25) is 0 Å². The Balaban J connectivity index is 2.48. The summed E-state index contributed by atoms with van der Waals surface area (Å²) >= 11 is 0. The molecule has 0 atom stereocenters. The molecule has 3 nitrogen and oxygen atoms in total. The molecule has 0 spiro atoms. The van der Waals surface area contributed by atoms with E-state index in [1.54, 1.807) is 6.07 Å². The Morgan fingerprint density at radius 1 is 1.06 bits per heavy atom. The zero-order valence-corrected chi connectivity index (χ0v) is 11.4. The molecule has 0 unspecified atom stereocenters. The quantitative estimate of drug-likeness (QED) is 0.833. The van der Waals surface area contributed by atoms with Gasteiger partial charge in [-0.1, -0.05) is 39.0 Å².